The van der Waals surface area contributed by atoms with Gasteiger partial charge in [0.25, 0.3) is 0 Å². The smallest absolute Gasteiger partial charge is 0.338 e. The second-order valence-electron chi connectivity index (χ2n) is 29.2. The molecule has 0 bridgehead atoms. The van der Waals surface area contributed by atoms with Crippen LogP contribution in [0.25, 0.3) is 11.1 Å². The fraction of sp³-hybridized carbons (Fsp3) is 0.667. The Balaban J connectivity index is 0.000000152. The largest absolute Gasteiger partial charge is 0.461 e. The summed E-state index contributed by atoms with van der Waals surface area (Å²) in [5.74, 6) is -0.867. The first-order valence-electron chi connectivity index (χ1n) is 35.3. The molecule has 17 nitrogen and oxygen atoms in total. The molecule has 8 heterocycles. The van der Waals surface area contributed by atoms with Crippen molar-refractivity contribution in [1.29, 1.82) is 0 Å². The molecule has 8 aliphatic heterocycles. The fourth-order valence-corrected chi connectivity index (χ4v) is 12.0. The van der Waals surface area contributed by atoms with Gasteiger partial charge in [0, 0.05) is 32.5 Å². The Morgan fingerprint density at radius 1 is 0.284 bits per heavy atom. The minimum absolute atomic E-state index is 0.0640. The fourth-order valence-electron chi connectivity index (χ4n) is 12.0. The Hall–Kier alpha value is -4.70. The third-order valence-electron chi connectivity index (χ3n) is 21.7. The van der Waals surface area contributed by atoms with Gasteiger partial charge in [0.2, 0.25) is 0 Å². The van der Waals surface area contributed by atoms with E-state index in [0.29, 0.717) is 88.0 Å². The van der Waals surface area contributed by atoms with Gasteiger partial charge in [-0.05, 0) is 103 Å². The van der Waals surface area contributed by atoms with Crippen molar-refractivity contribution in [1.82, 2.24) is 0 Å². The Bertz CT molecular complexity index is 2680. The zero-order valence-electron chi connectivity index (χ0n) is 58.6. The van der Waals surface area contributed by atoms with Gasteiger partial charge in [-0.3, -0.25) is 0 Å². The van der Waals surface area contributed by atoms with E-state index < -0.39 is 11.9 Å². The summed E-state index contributed by atoms with van der Waals surface area (Å²) in [4.78, 5) is 24.6. The zero-order valence-corrected chi connectivity index (χ0v) is 58.6. The molecule has 0 saturated carbocycles. The summed E-state index contributed by atoms with van der Waals surface area (Å²) in [5, 5.41) is 0. The van der Waals surface area contributed by atoms with Crippen molar-refractivity contribution in [3.8, 4) is 11.1 Å². The summed E-state index contributed by atoms with van der Waals surface area (Å²) >= 11 is 0. The van der Waals surface area contributed by atoms with Crippen LogP contribution < -0.4 is 0 Å². The van der Waals surface area contributed by atoms with Gasteiger partial charge in [0.1, 0.15) is 13.2 Å². The van der Waals surface area contributed by atoms with Crippen molar-refractivity contribution >= 4 is 11.9 Å². The maximum absolute atomic E-state index is 12.3. The molecule has 0 aliphatic carbocycles. The summed E-state index contributed by atoms with van der Waals surface area (Å²) in [6.45, 7) is 38.2. The second-order valence-corrected chi connectivity index (χ2v) is 29.2. The van der Waals surface area contributed by atoms with Crippen LogP contribution in [0.3, 0.4) is 0 Å². The number of hydrogen-bond donors (Lipinski definition) is 0. The highest BCUT2D eigenvalue weighted by Crippen LogP contribution is 2.38. The lowest BCUT2D eigenvalue weighted by atomic mass is 9.83. The van der Waals surface area contributed by atoms with Crippen LogP contribution in [0.2, 0.25) is 0 Å². The van der Waals surface area contributed by atoms with Crippen molar-refractivity contribution in [3.63, 3.8) is 0 Å². The lowest BCUT2D eigenvalue weighted by molar-refractivity contribution is -0.187. The molecule has 4 aromatic carbocycles. The molecule has 8 fully saturated rings. The van der Waals surface area contributed by atoms with Crippen LogP contribution >= 0.6 is 0 Å². The molecule has 0 amide bonds. The molecule has 4 aromatic rings. The summed E-state index contributed by atoms with van der Waals surface area (Å²) in [6.07, 6.45) is 8.57. The molecule has 95 heavy (non-hydrogen) atoms. The molecule has 0 spiro atoms. The van der Waals surface area contributed by atoms with Crippen LogP contribution in [0, 0.1) is 43.3 Å². The summed E-state index contributed by atoms with van der Waals surface area (Å²) in [5.41, 5.74) is 9.50. The van der Waals surface area contributed by atoms with Crippen LogP contribution in [-0.2, 0) is 97.5 Å². The predicted octanol–water partition coefficient (Wildman–Crippen LogP) is 13.5. The molecular weight excluding hydrogens is 1210 g/mol. The van der Waals surface area contributed by atoms with Gasteiger partial charge < -0.3 is 71.1 Å². The van der Waals surface area contributed by atoms with Crippen LogP contribution in [0.1, 0.15) is 150 Å². The summed E-state index contributed by atoms with van der Waals surface area (Å²) in [7, 11) is 0. The van der Waals surface area contributed by atoms with Crippen molar-refractivity contribution in [2.75, 3.05) is 159 Å². The summed E-state index contributed by atoms with van der Waals surface area (Å²) in [6, 6.07) is 32.3. The van der Waals surface area contributed by atoms with Gasteiger partial charge in [0.05, 0.1) is 194 Å². The lowest BCUT2D eigenvalue weighted by Crippen LogP contribution is -2.49. The maximum atomic E-state index is 12.3. The van der Waals surface area contributed by atoms with E-state index in [2.05, 4.69) is 128 Å². The number of carbonyl (C=O) groups is 2. The summed E-state index contributed by atoms with van der Waals surface area (Å²) < 4.78 is 82.8. The quantitative estimate of drug-likeness (QED) is 0.0398. The zero-order chi connectivity index (χ0) is 67.1. The highest BCUT2D eigenvalue weighted by atomic mass is 16.6. The van der Waals surface area contributed by atoms with Gasteiger partial charge in [-0.15, -0.1) is 0 Å². The highest BCUT2D eigenvalue weighted by Gasteiger charge is 2.44. The monoisotopic (exact) mass is 1320 g/mol. The maximum Gasteiger partial charge on any atom is 0.338 e. The standard InChI is InChI=1S/C26H34O4.C20H26O6.C20H30O4.C12H22O3/c1-3-25(17-29-18-25)15-27-13-21-5-9-23(10-6-21)24-11-7-22(8-12-24)14-28-16-26(4-2)19-30-20-26;1-3-19(9-23-10-19)13-25-17(21)15-6-5-7-16(8-15)18(22)26-14-20(4-2)11-24-12-20;1-3-19(13-23-14-19)11-21-9-17-5-7-18(8-6-17)10-22-12-20(4-2)15-24-16-20;1-3-11(5-13-6-11)9-15-10-12(4-2)7-14-8-12/h5-12H,3-4,13-20H2,1-2H3;5-8H,3-4,9-14H2,1-2H3;5-8H,3-4,9-16H2,1-2H3;3-10H2,1-2H3. The lowest BCUT2D eigenvalue weighted by Gasteiger charge is -2.44. The van der Waals surface area contributed by atoms with Crippen molar-refractivity contribution in [2.45, 2.75) is 133 Å². The van der Waals surface area contributed by atoms with Gasteiger partial charge in [-0.25, -0.2) is 9.59 Å². The Kier molecular flexibility index (Phi) is 27.7. The Labute approximate surface area is 566 Å². The molecule has 12 rings (SSSR count). The van der Waals surface area contributed by atoms with Gasteiger partial charge >= 0.3 is 11.9 Å². The number of benzene rings is 4. The van der Waals surface area contributed by atoms with Gasteiger partial charge in [-0.2, -0.15) is 0 Å². The highest BCUT2D eigenvalue weighted by molar-refractivity contribution is 5.95. The van der Waals surface area contributed by atoms with Crippen molar-refractivity contribution in [3.05, 3.63) is 130 Å². The first-order valence-corrected chi connectivity index (χ1v) is 35.3. The topological polar surface area (TPSA) is 173 Å². The normalized spacial score (nSPS) is 21.0. The van der Waals surface area contributed by atoms with Crippen molar-refractivity contribution in [2.24, 2.45) is 43.3 Å². The molecule has 8 saturated heterocycles. The minimum atomic E-state index is -0.434. The van der Waals surface area contributed by atoms with Crippen LogP contribution in [0.15, 0.2) is 97.1 Å². The molecular formula is C78H112O17. The van der Waals surface area contributed by atoms with Crippen molar-refractivity contribution < 1.29 is 80.6 Å². The van der Waals surface area contributed by atoms with Crippen LogP contribution in [0.5, 0.6) is 0 Å². The van der Waals surface area contributed by atoms with E-state index in [4.69, 9.17) is 71.1 Å². The van der Waals surface area contributed by atoms with E-state index in [1.54, 1.807) is 18.2 Å². The van der Waals surface area contributed by atoms with E-state index in [0.717, 1.165) is 170 Å². The third kappa shape index (κ3) is 20.3. The molecule has 0 atom stereocenters. The molecule has 526 valence electrons. The second kappa shape index (κ2) is 35.4. The average molecular weight is 1320 g/mol. The molecule has 17 heteroatoms. The molecule has 8 aliphatic rings. The molecule has 0 unspecified atom stereocenters. The van der Waals surface area contributed by atoms with E-state index in [1.807, 2.05) is 0 Å². The third-order valence-corrected chi connectivity index (χ3v) is 21.7. The van der Waals surface area contributed by atoms with Crippen LogP contribution in [0.4, 0.5) is 0 Å². The number of carbonyl (C=O) groups excluding carboxylic acids is 2. The predicted molar refractivity (Wildman–Crippen MR) is 363 cm³/mol. The van der Waals surface area contributed by atoms with E-state index in [9.17, 15) is 9.59 Å². The number of hydrogen-bond acceptors (Lipinski definition) is 17. The number of esters is 2. The van der Waals surface area contributed by atoms with Crippen LogP contribution in [-0.4, -0.2) is 171 Å². The molecule has 0 radical (unpaired) electrons. The minimum Gasteiger partial charge on any atom is -0.461 e. The molecule has 0 N–H and O–H groups in total. The number of ether oxygens (including phenoxy) is 15. The first kappa shape index (κ1) is 74.5. The Morgan fingerprint density at radius 2 is 0.484 bits per heavy atom. The van der Waals surface area contributed by atoms with E-state index in [1.165, 1.54) is 39.4 Å². The number of rotatable bonds is 35. The van der Waals surface area contributed by atoms with E-state index >= 15 is 0 Å². The average Bonchev–Trinajstić information content (AvgIpc) is 0.874. The Morgan fingerprint density at radius 3 is 0.684 bits per heavy atom. The first-order chi connectivity index (χ1) is 46.1. The van der Waals surface area contributed by atoms with Gasteiger partial charge in [-0.1, -0.05) is 134 Å². The van der Waals surface area contributed by atoms with Gasteiger partial charge in [0.15, 0.2) is 0 Å². The molecule has 0 aromatic heterocycles. The SMILES string of the molecule is CCC1(COC(=O)c2cccc(C(=O)OCC3(CC)COC3)c2)COC1.CCC1(COCC2(CC)COC2)COC1.CCC1(COCc2ccc(-c3ccc(COCC4(CC)COC4)cc3)cc2)COC1.CCC1(COCc2ccc(COCC3(CC)COC3)cc2)COC1. The van der Waals surface area contributed by atoms with E-state index in [-0.39, 0.29) is 32.5 Å².